The molecule has 1 aliphatic carbocycles. The third-order valence-corrected chi connectivity index (χ3v) is 3.64. The van der Waals surface area contributed by atoms with Crippen molar-refractivity contribution in [3.8, 4) is 0 Å². The van der Waals surface area contributed by atoms with E-state index in [0.29, 0.717) is 5.92 Å². The lowest BCUT2D eigenvalue weighted by atomic mass is 10.0. The summed E-state index contributed by atoms with van der Waals surface area (Å²) >= 11 is 3.40. The number of carbonyl (C=O) groups excluding carboxylic acids is 1. The van der Waals surface area contributed by atoms with Gasteiger partial charge in [-0.1, -0.05) is 35.2 Å². The van der Waals surface area contributed by atoms with E-state index < -0.39 is 0 Å². The smallest absolute Gasteiger partial charge is 0.220 e. The Morgan fingerprint density at radius 2 is 1.93 bits per heavy atom. The summed E-state index contributed by atoms with van der Waals surface area (Å²) in [5, 5.41) is 4.09. The van der Waals surface area contributed by atoms with E-state index in [1.807, 2.05) is 0 Å². The molecule has 1 rings (SSSR count). The van der Waals surface area contributed by atoms with Gasteiger partial charge in [-0.25, -0.2) is 0 Å². The number of unbranched alkanes of at least 4 members (excludes halogenated alkanes) is 2. The lowest BCUT2D eigenvalue weighted by Gasteiger charge is -2.09. The van der Waals surface area contributed by atoms with Crippen LogP contribution in [0.15, 0.2) is 0 Å². The number of rotatable bonds is 7. The molecule has 1 saturated carbocycles. The van der Waals surface area contributed by atoms with Crippen LogP contribution in [0.25, 0.3) is 0 Å². The highest BCUT2D eigenvalue weighted by Crippen LogP contribution is 2.27. The first-order valence-electron chi connectivity index (χ1n) is 6.15. The van der Waals surface area contributed by atoms with Crippen molar-refractivity contribution in [2.75, 3.05) is 11.9 Å². The summed E-state index contributed by atoms with van der Waals surface area (Å²) in [5.74, 6) is 0.938. The van der Waals surface area contributed by atoms with Crippen molar-refractivity contribution in [3.05, 3.63) is 0 Å². The van der Waals surface area contributed by atoms with Gasteiger partial charge in [-0.2, -0.15) is 0 Å². The molecule has 0 aliphatic heterocycles. The van der Waals surface area contributed by atoms with E-state index in [-0.39, 0.29) is 5.91 Å². The molecule has 0 radical (unpaired) electrons. The molecule has 0 aromatic carbocycles. The highest BCUT2D eigenvalue weighted by Gasteiger charge is 2.17. The second kappa shape index (κ2) is 8.14. The molecule has 1 aliphatic rings. The second-order valence-electron chi connectivity index (χ2n) is 4.45. The van der Waals surface area contributed by atoms with E-state index in [2.05, 4.69) is 21.2 Å². The molecule has 0 bridgehead atoms. The third kappa shape index (κ3) is 6.18. The Morgan fingerprint density at radius 1 is 1.20 bits per heavy atom. The zero-order chi connectivity index (χ0) is 10.9. The van der Waals surface area contributed by atoms with Crippen LogP contribution in [0, 0.1) is 5.92 Å². The van der Waals surface area contributed by atoms with Crippen LogP contribution in [0.4, 0.5) is 0 Å². The van der Waals surface area contributed by atoms with E-state index >= 15 is 0 Å². The van der Waals surface area contributed by atoms with Crippen LogP contribution in [0.1, 0.15) is 51.4 Å². The van der Waals surface area contributed by atoms with Gasteiger partial charge >= 0.3 is 0 Å². The maximum atomic E-state index is 11.5. The maximum Gasteiger partial charge on any atom is 0.220 e. The minimum absolute atomic E-state index is 0.265. The number of hydrogen-bond acceptors (Lipinski definition) is 1. The highest BCUT2D eigenvalue weighted by molar-refractivity contribution is 9.09. The molecular formula is C12H22BrNO. The SMILES string of the molecule is O=C(CC1CCCC1)NCCCCCBr. The Balaban J connectivity index is 1.93. The van der Waals surface area contributed by atoms with Gasteiger partial charge in [0, 0.05) is 18.3 Å². The standard InChI is InChI=1S/C12H22BrNO/c13-8-4-1-5-9-14-12(15)10-11-6-2-3-7-11/h11H,1-10H2,(H,14,15). The van der Waals surface area contributed by atoms with Crippen molar-refractivity contribution in [1.82, 2.24) is 5.32 Å². The first-order chi connectivity index (χ1) is 7.33. The van der Waals surface area contributed by atoms with Crippen molar-refractivity contribution >= 4 is 21.8 Å². The van der Waals surface area contributed by atoms with Crippen molar-refractivity contribution in [2.24, 2.45) is 5.92 Å². The Kier molecular flexibility index (Phi) is 7.07. The first kappa shape index (κ1) is 13.0. The Morgan fingerprint density at radius 3 is 2.60 bits per heavy atom. The van der Waals surface area contributed by atoms with Crippen LogP contribution in [0.3, 0.4) is 0 Å². The third-order valence-electron chi connectivity index (χ3n) is 3.08. The minimum atomic E-state index is 0.265. The van der Waals surface area contributed by atoms with Crippen LogP contribution in [-0.4, -0.2) is 17.8 Å². The van der Waals surface area contributed by atoms with Gasteiger partial charge in [0.1, 0.15) is 0 Å². The first-order valence-corrected chi connectivity index (χ1v) is 7.27. The van der Waals surface area contributed by atoms with E-state index in [4.69, 9.17) is 0 Å². The molecule has 1 fully saturated rings. The van der Waals surface area contributed by atoms with E-state index in [1.54, 1.807) is 0 Å². The number of alkyl halides is 1. The summed E-state index contributed by atoms with van der Waals surface area (Å²) in [7, 11) is 0. The molecular weight excluding hydrogens is 254 g/mol. The van der Waals surface area contributed by atoms with Crippen molar-refractivity contribution in [1.29, 1.82) is 0 Å². The van der Waals surface area contributed by atoms with E-state index in [0.717, 1.165) is 24.7 Å². The van der Waals surface area contributed by atoms with Crippen molar-refractivity contribution in [3.63, 3.8) is 0 Å². The molecule has 0 aromatic heterocycles. The molecule has 88 valence electrons. The molecule has 2 nitrogen and oxygen atoms in total. The zero-order valence-electron chi connectivity index (χ0n) is 9.43. The highest BCUT2D eigenvalue weighted by atomic mass is 79.9. The number of halogens is 1. The molecule has 0 unspecified atom stereocenters. The largest absolute Gasteiger partial charge is 0.356 e. The Labute approximate surface area is 101 Å². The lowest BCUT2D eigenvalue weighted by molar-refractivity contribution is -0.121. The number of nitrogens with one attached hydrogen (secondary N) is 1. The molecule has 1 amide bonds. The summed E-state index contributed by atoms with van der Waals surface area (Å²) in [4.78, 5) is 11.5. The molecule has 3 heteroatoms. The molecule has 0 atom stereocenters. The fraction of sp³-hybridized carbons (Fsp3) is 0.917. The summed E-state index contributed by atoms with van der Waals surface area (Å²) in [6, 6.07) is 0. The van der Waals surface area contributed by atoms with Gasteiger partial charge in [0.15, 0.2) is 0 Å². The number of amides is 1. The fourth-order valence-electron chi connectivity index (χ4n) is 2.17. The fourth-order valence-corrected chi connectivity index (χ4v) is 2.57. The number of carbonyl (C=O) groups is 1. The van der Waals surface area contributed by atoms with E-state index in [1.165, 1.54) is 38.5 Å². The lowest BCUT2D eigenvalue weighted by Crippen LogP contribution is -2.25. The van der Waals surface area contributed by atoms with Crippen LogP contribution >= 0.6 is 15.9 Å². The van der Waals surface area contributed by atoms with Crippen LogP contribution in [0.2, 0.25) is 0 Å². The monoisotopic (exact) mass is 275 g/mol. The summed E-state index contributed by atoms with van der Waals surface area (Å²) < 4.78 is 0. The van der Waals surface area contributed by atoms with E-state index in [9.17, 15) is 4.79 Å². The van der Waals surface area contributed by atoms with Gasteiger partial charge < -0.3 is 5.32 Å². The van der Waals surface area contributed by atoms with Crippen LogP contribution < -0.4 is 5.32 Å². The van der Waals surface area contributed by atoms with Gasteiger partial charge in [0.05, 0.1) is 0 Å². The van der Waals surface area contributed by atoms with Crippen molar-refractivity contribution < 1.29 is 4.79 Å². The van der Waals surface area contributed by atoms with Gasteiger partial charge in [0.2, 0.25) is 5.91 Å². The summed E-state index contributed by atoms with van der Waals surface area (Å²) in [6.45, 7) is 0.860. The van der Waals surface area contributed by atoms with Crippen LogP contribution in [-0.2, 0) is 4.79 Å². The Hall–Kier alpha value is -0.0500. The molecule has 15 heavy (non-hydrogen) atoms. The minimum Gasteiger partial charge on any atom is -0.356 e. The van der Waals surface area contributed by atoms with Crippen molar-refractivity contribution in [2.45, 2.75) is 51.4 Å². The summed E-state index contributed by atoms with van der Waals surface area (Å²) in [6.07, 6.45) is 9.45. The Bertz CT molecular complexity index is 178. The average Bonchev–Trinajstić information content (AvgIpc) is 2.70. The normalized spacial score (nSPS) is 16.9. The molecule has 0 saturated heterocycles. The average molecular weight is 276 g/mol. The topological polar surface area (TPSA) is 29.1 Å². The van der Waals surface area contributed by atoms with Gasteiger partial charge in [0.25, 0.3) is 0 Å². The molecule has 0 aromatic rings. The molecule has 0 spiro atoms. The maximum absolute atomic E-state index is 11.5. The molecule has 0 heterocycles. The van der Waals surface area contributed by atoms with Gasteiger partial charge in [-0.15, -0.1) is 0 Å². The summed E-state index contributed by atoms with van der Waals surface area (Å²) in [5.41, 5.74) is 0. The second-order valence-corrected chi connectivity index (χ2v) is 5.25. The predicted molar refractivity (Wildman–Crippen MR) is 67.2 cm³/mol. The predicted octanol–water partition coefficient (Wildman–Crippen LogP) is 3.25. The van der Waals surface area contributed by atoms with Crippen LogP contribution in [0.5, 0.6) is 0 Å². The molecule has 1 N–H and O–H groups in total. The number of hydrogen-bond donors (Lipinski definition) is 1. The zero-order valence-corrected chi connectivity index (χ0v) is 11.0. The quantitative estimate of drug-likeness (QED) is 0.561. The van der Waals surface area contributed by atoms with Gasteiger partial charge in [-0.3, -0.25) is 4.79 Å². The van der Waals surface area contributed by atoms with Gasteiger partial charge in [-0.05, 0) is 31.6 Å².